The first-order valence-corrected chi connectivity index (χ1v) is 8.65. The van der Waals surface area contributed by atoms with Gasteiger partial charge in [0, 0.05) is 6.08 Å². The summed E-state index contributed by atoms with van der Waals surface area (Å²) in [6, 6.07) is 15.6. The van der Waals surface area contributed by atoms with E-state index in [-0.39, 0.29) is 6.61 Å². The van der Waals surface area contributed by atoms with Gasteiger partial charge in [0.1, 0.15) is 23.9 Å². The van der Waals surface area contributed by atoms with Crippen molar-refractivity contribution in [2.45, 2.75) is 13.2 Å². The number of hydrogen-bond donors (Lipinski definition) is 2. The Morgan fingerprint density at radius 1 is 0.889 bits per heavy atom. The molecule has 0 atom stereocenters. The van der Waals surface area contributed by atoms with Gasteiger partial charge in [-0.15, -0.1) is 0 Å². The SMILES string of the molecule is COc1ccc(COC2=CN(Cc3ccc(OC)cc3)NC(CO)=C2)cc1. The summed E-state index contributed by atoms with van der Waals surface area (Å²) >= 11 is 0. The van der Waals surface area contributed by atoms with Crippen molar-refractivity contribution in [2.24, 2.45) is 0 Å². The van der Waals surface area contributed by atoms with Crippen molar-refractivity contribution in [3.8, 4) is 11.5 Å². The first-order valence-electron chi connectivity index (χ1n) is 8.65. The summed E-state index contributed by atoms with van der Waals surface area (Å²) in [5.41, 5.74) is 5.98. The Kier molecular flexibility index (Phi) is 6.22. The lowest BCUT2D eigenvalue weighted by Crippen LogP contribution is -2.36. The summed E-state index contributed by atoms with van der Waals surface area (Å²) < 4.78 is 16.3. The second-order valence-corrected chi connectivity index (χ2v) is 6.08. The summed E-state index contributed by atoms with van der Waals surface area (Å²) in [4.78, 5) is 0. The third-order valence-corrected chi connectivity index (χ3v) is 4.13. The second-order valence-electron chi connectivity index (χ2n) is 6.08. The van der Waals surface area contributed by atoms with E-state index in [4.69, 9.17) is 14.2 Å². The van der Waals surface area contributed by atoms with Crippen molar-refractivity contribution in [3.05, 3.63) is 83.4 Å². The quantitative estimate of drug-likeness (QED) is 0.747. The van der Waals surface area contributed by atoms with Gasteiger partial charge in [-0.2, -0.15) is 0 Å². The highest BCUT2D eigenvalue weighted by atomic mass is 16.5. The smallest absolute Gasteiger partial charge is 0.139 e. The standard InChI is InChI=1S/C21H24N2O4/c1-25-19-7-3-16(4-8-19)12-23-13-21(11-18(14-24)22-23)27-15-17-5-9-20(26-2)10-6-17/h3-11,13,22,24H,12,14-15H2,1-2H3. The molecule has 1 aliphatic rings. The number of allylic oxidation sites excluding steroid dienone is 1. The Balaban J connectivity index is 1.65. The van der Waals surface area contributed by atoms with Gasteiger partial charge in [0.2, 0.25) is 0 Å². The van der Waals surface area contributed by atoms with Gasteiger partial charge in [0.15, 0.2) is 0 Å². The van der Waals surface area contributed by atoms with Crippen molar-refractivity contribution < 1.29 is 19.3 Å². The molecule has 1 heterocycles. The number of aliphatic hydroxyl groups excluding tert-OH is 1. The van der Waals surface area contributed by atoms with Crippen LogP contribution in [0.1, 0.15) is 11.1 Å². The first kappa shape index (κ1) is 18.7. The van der Waals surface area contributed by atoms with Crippen molar-refractivity contribution >= 4 is 0 Å². The molecular formula is C21H24N2O4. The van der Waals surface area contributed by atoms with Crippen molar-refractivity contribution in [1.29, 1.82) is 0 Å². The van der Waals surface area contributed by atoms with Gasteiger partial charge in [0.25, 0.3) is 0 Å². The van der Waals surface area contributed by atoms with E-state index in [1.54, 1.807) is 20.3 Å². The zero-order valence-electron chi connectivity index (χ0n) is 15.5. The van der Waals surface area contributed by atoms with Crippen molar-refractivity contribution in [3.63, 3.8) is 0 Å². The Morgan fingerprint density at radius 2 is 1.48 bits per heavy atom. The third kappa shape index (κ3) is 5.18. The predicted molar refractivity (Wildman–Crippen MR) is 103 cm³/mol. The van der Waals surface area contributed by atoms with E-state index >= 15 is 0 Å². The van der Waals surface area contributed by atoms with Crippen LogP contribution in [0.5, 0.6) is 11.5 Å². The number of rotatable bonds is 8. The lowest BCUT2D eigenvalue weighted by atomic mass is 10.2. The summed E-state index contributed by atoms with van der Waals surface area (Å²) in [5, 5.41) is 11.4. The minimum atomic E-state index is -0.0949. The van der Waals surface area contributed by atoms with E-state index in [0.717, 1.165) is 22.6 Å². The Morgan fingerprint density at radius 3 is 2.04 bits per heavy atom. The fraction of sp³-hybridized carbons (Fsp3) is 0.238. The summed E-state index contributed by atoms with van der Waals surface area (Å²) in [5.74, 6) is 2.32. The van der Waals surface area contributed by atoms with Crippen molar-refractivity contribution in [2.75, 3.05) is 20.8 Å². The number of hydrogen-bond acceptors (Lipinski definition) is 6. The average Bonchev–Trinajstić information content (AvgIpc) is 2.73. The largest absolute Gasteiger partial charge is 0.497 e. The molecule has 0 aromatic heterocycles. The molecule has 1 aliphatic heterocycles. The molecule has 0 bridgehead atoms. The summed E-state index contributed by atoms with van der Waals surface area (Å²) in [6.07, 6.45) is 3.68. The van der Waals surface area contributed by atoms with Gasteiger partial charge in [-0.25, -0.2) is 0 Å². The van der Waals surface area contributed by atoms with Gasteiger partial charge >= 0.3 is 0 Å². The summed E-state index contributed by atoms with van der Waals surface area (Å²) in [7, 11) is 3.29. The monoisotopic (exact) mass is 368 g/mol. The zero-order chi connectivity index (χ0) is 19.1. The van der Waals surface area contributed by atoms with Crippen LogP contribution in [0.25, 0.3) is 0 Å². The van der Waals surface area contributed by atoms with Crippen LogP contribution >= 0.6 is 0 Å². The highest BCUT2D eigenvalue weighted by Crippen LogP contribution is 2.18. The molecule has 6 heteroatoms. The molecule has 27 heavy (non-hydrogen) atoms. The Labute approximate surface area is 159 Å². The fourth-order valence-electron chi connectivity index (χ4n) is 2.67. The Hall–Kier alpha value is -3.12. The van der Waals surface area contributed by atoms with Crippen LogP contribution in [0.2, 0.25) is 0 Å². The number of hydrazine groups is 1. The van der Waals surface area contributed by atoms with Crippen molar-refractivity contribution in [1.82, 2.24) is 10.4 Å². The molecule has 3 rings (SSSR count). The molecule has 2 aromatic carbocycles. The molecule has 0 saturated heterocycles. The second kappa shape index (κ2) is 9.00. The predicted octanol–water partition coefficient (Wildman–Crippen LogP) is 2.96. The Bertz CT molecular complexity index is 798. The number of benzene rings is 2. The van der Waals surface area contributed by atoms with Gasteiger partial charge in [-0.3, -0.25) is 5.01 Å². The molecule has 6 nitrogen and oxygen atoms in total. The minimum Gasteiger partial charge on any atom is -0.497 e. The van der Waals surface area contributed by atoms with Crippen LogP contribution in [0.3, 0.4) is 0 Å². The van der Waals surface area contributed by atoms with Gasteiger partial charge < -0.3 is 24.7 Å². The third-order valence-electron chi connectivity index (χ3n) is 4.13. The normalized spacial score (nSPS) is 13.4. The van der Waals surface area contributed by atoms with Gasteiger partial charge in [-0.05, 0) is 35.4 Å². The minimum absolute atomic E-state index is 0.0949. The molecule has 0 fully saturated rings. The molecule has 0 aliphatic carbocycles. The molecule has 0 unspecified atom stereocenters. The van der Waals surface area contributed by atoms with Gasteiger partial charge in [0.05, 0.1) is 39.3 Å². The van der Waals surface area contributed by atoms with Gasteiger partial charge in [-0.1, -0.05) is 24.3 Å². The highest BCUT2D eigenvalue weighted by molar-refractivity contribution is 5.29. The number of ether oxygens (including phenoxy) is 3. The number of methoxy groups -OCH3 is 2. The molecule has 2 N–H and O–H groups in total. The maximum absolute atomic E-state index is 9.53. The van der Waals surface area contributed by atoms with Crippen LogP contribution < -0.4 is 14.9 Å². The number of nitrogens with one attached hydrogen (secondary N) is 1. The van der Waals surface area contributed by atoms with Crippen LogP contribution in [0.15, 0.2) is 72.3 Å². The maximum Gasteiger partial charge on any atom is 0.139 e. The molecule has 0 amide bonds. The van der Waals surface area contributed by atoms with Crippen LogP contribution in [0.4, 0.5) is 0 Å². The number of nitrogens with zero attached hydrogens (tertiary/aromatic N) is 1. The fourth-order valence-corrected chi connectivity index (χ4v) is 2.67. The van der Waals surface area contributed by atoms with E-state index in [9.17, 15) is 5.11 Å². The zero-order valence-corrected chi connectivity index (χ0v) is 15.5. The molecule has 0 spiro atoms. The van der Waals surface area contributed by atoms with Crippen LogP contribution in [-0.2, 0) is 17.9 Å². The lowest BCUT2D eigenvalue weighted by Gasteiger charge is -2.28. The van der Waals surface area contributed by atoms with E-state index in [0.29, 0.717) is 24.6 Å². The molecule has 0 radical (unpaired) electrons. The maximum atomic E-state index is 9.53. The van der Waals surface area contributed by atoms with E-state index in [2.05, 4.69) is 5.43 Å². The highest BCUT2D eigenvalue weighted by Gasteiger charge is 2.12. The van der Waals surface area contributed by atoms with E-state index in [1.165, 1.54) is 0 Å². The topological polar surface area (TPSA) is 63.2 Å². The van der Waals surface area contributed by atoms with Crippen LogP contribution in [-0.4, -0.2) is 30.9 Å². The number of aliphatic hydroxyl groups is 1. The molecule has 142 valence electrons. The average molecular weight is 368 g/mol. The molecular weight excluding hydrogens is 344 g/mol. The lowest BCUT2D eigenvalue weighted by molar-refractivity contribution is 0.177. The first-order chi connectivity index (χ1) is 13.2. The molecule has 0 saturated carbocycles. The van der Waals surface area contributed by atoms with Crippen LogP contribution in [0, 0.1) is 0 Å². The van der Waals surface area contributed by atoms with E-state index < -0.39 is 0 Å². The molecule has 2 aromatic rings. The van der Waals surface area contributed by atoms with E-state index in [1.807, 2.05) is 59.7 Å². The summed E-state index contributed by atoms with van der Waals surface area (Å²) in [6.45, 7) is 0.959.